The fraction of sp³-hybridized carbons (Fsp3) is 0.455. The molecule has 0 aromatic rings. The number of allylic oxidation sites excluding steroid dienone is 5. The Morgan fingerprint density at radius 3 is 2.33 bits per heavy atom. The quantitative estimate of drug-likeness (QED) is 0.441. The van der Waals surface area contributed by atoms with Gasteiger partial charge in [-0.1, -0.05) is 50.3 Å². The maximum atomic E-state index is 11.5. The SMILES string of the molecule is C=C/C=C(/C)C/C=C\CF.CC. The number of hydrogen-bond acceptors (Lipinski definition) is 0. The van der Waals surface area contributed by atoms with E-state index >= 15 is 0 Å². The van der Waals surface area contributed by atoms with Crippen molar-refractivity contribution in [3.63, 3.8) is 0 Å². The lowest BCUT2D eigenvalue weighted by atomic mass is 10.2. The lowest BCUT2D eigenvalue weighted by Gasteiger charge is -1.90. The Morgan fingerprint density at radius 2 is 1.92 bits per heavy atom. The smallest absolute Gasteiger partial charge is 0.108 e. The Balaban J connectivity index is 0. The van der Waals surface area contributed by atoms with E-state index in [9.17, 15) is 4.39 Å². The van der Waals surface area contributed by atoms with Crippen LogP contribution in [0.15, 0.2) is 36.5 Å². The van der Waals surface area contributed by atoms with E-state index < -0.39 is 0 Å². The first-order valence-electron chi connectivity index (χ1n) is 4.30. The van der Waals surface area contributed by atoms with Crippen molar-refractivity contribution in [3.05, 3.63) is 36.5 Å². The van der Waals surface area contributed by atoms with Crippen LogP contribution in [-0.4, -0.2) is 6.67 Å². The summed E-state index contributed by atoms with van der Waals surface area (Å²) < 4.78 is 11.5. The third-order valence-corrected chi connectivity index (χ3v) is 1.10. The molecule has 0 aliphatic rings. The number of hydrogen-bond donors (Lipinski definition) is 0. The highest BCUT2D eigenvalue weighted by Gasteiger charge is 1.80. The molecule has 0 spiro atoms. The molecule has 0 aliphatic carbocycles. The maximum Gasteiger partial charge on any atom is 0.108 e. The van der Waals surface area contributed by atoms with E-state index in [0.717, 1.165) is 6.42 Å². The van der Waals surface area contributed by atoms with Crippen LogP contribution < -0.4 is 0 Å². The molecule has 0 unspecified atom stereocenters. The molecular weight excluding hydrogens is 151 g/mol. The zero-order valence-electron chi connectivity index (χ0n) is 8.31. The van der Waals surface area contributed by atoms with Crippen LogP contribution in [0.4, 0.5) is 4.39 Å². The van der Waals surface area contributed by atoms with Gasteiger partial charge in [0.25, 0.3) is 0 Å². The molecule has 0 radical (unpaired) electrons. The summed E-state index contributed by atoms with van der Waals surface area (Å²) in [6, 6.07) is 0. The molecule has 0 saturated carbocycles. The molecule has 0 aliphatic heterocycles. The Morgan fingerprint density at radius 1 is 1.33 bits per heavy atom. The minimum atomic E-state index is -0.374. The third kappa shape index (κ3) is 11.9. The van der Waals surface area contributed by atoms with Gasteiger partial charge in [0.05, 0.1) is 0 Å². The van der Waals surface area contributed by atoms with E-state index in [1.807, 2.05) is 32.9 Å². The highest BCUT2D eigenvalue weighted by molar-refractivity contribution is 5.11. The van der Waals surface area contributed by atoms with E-state index in [2.05, 4.69) is 6.58 Å². The topological polar surface area (TPSA) is 0 Å². The summed E-state index contributed by atoms with van der Waals surface area (Å²) >= 11 is 0. The first kappa shape index (κ1) is 13.7. The molecule has 12 heavy (non-hydrogen) atoms. The fourth-order valence-electron chi connectivity index (χ4n) is 0.601. The van der Waals surface area contributed by atoms with Crippen LogP contribution in [0.1, 0.15) is 27.2 Å². The van der Waals surface area contributed by atoms with Gasteiger partial charge < -0.3 is 0 Å². The first-order valence-corrected chi connectivity index (χ1v) is 4.30. The Hall–Kier alpha value is -0.850. The van der Waals surface area contributed by atoms with Crippen LogP contribution in [0.5, 0.6) is 0 Å². The monoisotopic (exact) mass is 170 g/mol. The van der Waals surface area contributed by atoms with Crippen LogP contribution >= 0.6 is 0 Å². The second-order valence-electron chi connectivity index (χ2n) is 2.08. The van der Waals surface area contributed by atoms with E-state index in [4.69, 9.17) is 0 Å². The molecule has 70 valence electrons. The van der Waals surface area contributed by atoms with E-state index in [1.165, 1.54) is 11.6 Å². The average molecular weight is 170 g/mol. The molecule has 0 saturated heterocycles. The van der Waals surface area contributed by atoms with Crippen molar-refractivity contribution in [1.82, 2.24) is 0 Å². The normalized spacial score (nSPS) is 10.8. The van der Waals surface area contributed by atoms with Crippen molar-refractivity contribution in [2.75, 3.05) is 6.67 Å². The Labute approximate surface area is 75.5 Å². The van der Waals surface area contributed by atoms with Gasteiger partial charge in [-0.25, -0.2) is 4.39 Å². The highest BCUT2D eigenvalue weighted by atomic mass is 19.1. The number of alkyl halides is 1. The molecule has 1 heteroatoms. The van der Waals surface area contributed by atoms with Crippen molar-refractivity contribution in [3.8, 4) is 0 Å². The van der Waals surface area contributed by atoms with Crippen molar-refractivity contribution in [1.29, 1.82) is 0 Å². The van der Waals surface area contributed by atoms with Gasteiger partial charge in [0, 0.05) is 0 Å². The molecule has 0 heterocycles. The van der Waals surface area contributed by atoms with Gasteiger partial charge in [0.1, 0.15) is 6.67 Å². The van der Waals surface area contributed by atoms with Crippen molar-refractivity contribution >= 4 is 0 Å². The summed E-state index contributed by atoms with van der Waals surface area (Å²) in [5, 5.41) is 0. The molecule has 0 atom stereocenters. The van der Waals surface area contributed by atoms with Gasteiger partial charge >= 0.3 is 0 Å². The van der Waals surface area contributed by atoms with Crippen molar-refractivity contribution < 1.29 is 4.39 Å². The second-order valence-corrected chi connectivity index (χ2v) is 2.08. The predicted octanol–water partition coefficient (Wildman–Crippen LogP) is 4.06. The molecule has 0 rings (SSSR count). The predicted molar refractivity (Wildman–Crippen MR) is 55.0 cm³/mol. The van der Waals surface area contributed by atoms with E-state index in [0.29, 0.717) is 0 Å². The van der Waals surface area contributed by atoms with Crippen LogP contribution in [0.2, 0.25) is 0 Å². The summed E-state index contributed by atoms with van der Waals surface area (Å²) in [6.45, 7) is 9.17. The zero-order chi connectivity index (χ0) is 9.82. The Bertz CT molecular complexity index is 143. The summed E-state index contributed by atoms with van der Waals surface area (Å²) in [4.78, 5) is 0. The van der Waals surface area contributed by atoms with Gasteiger partial charge in [-0.2, -0.15) is 0 Å². The summed E-state index contributed by atoms with van der Waals surface area (Å²) in [5.41, 5.74) is 1.19. The van der Waals surface area contributed by atoms with Crippen LogP contribution in [0, 0.1) is 0 Å². The highest BCUT2D eigenvalue weighted by Crippen LogP contribution is 2.00. The van der Waals surface area contributed by atoms with Crippen LogP contribution in [-0.2, 0) is 0 Å². The number of rotatable bonds is 4. The molecule has 0 bridgehead atoms. The minimum Gasteiger partial charge on any atom is -0.247 e. The third-order valence-electron chi connectivity index (χ3n) is 1.10. The minimum absolute atomic E-state index is 0.374. The standard InChI is InChI=1S/C9H13F.C2H6/c1-3-6-9(2)7-4-5-8-10;1-2/h3-6H,1,7-8H2,2H3;1-2H3/b5-4-,9-6-;. The van der Waals surface area contributed by atoms with Gasteiger partial charge in [0.15, 0.2) is 0 Å². The van der Waals surface area contributed by atoms with E-state index in [1.54, 1.807) is 6.08 Å². The molecular formula is C11H19F. The molecule has 0 amide bonds. The van der Waals surface area contributed by atoms with Crippen molar-refractivity contribution in [2.24, 2.45) is 0 Å². The summed E-state index contributed by atoms with van der Waals surface area (Å²) in [5.74, 6) is 0. The largest absolute Gasteiger partial charge is 0.247 e. The lowest BCUT2D eigenvalue weighted by molar-refractivity contribution is 0.561. The molecule has 0 N–H and O–H groups in total. The van der Waals surface area contributed by atoms with Gasteiger partial charge in [-0.15, -0.1) is 0 Å². The molecule has 0 aromatic carbocycles. The van der Waals surface area contributed by atoms with Crippen LogP contribution in [0.3, 0.4) is 0 Å². The van der Waals surface area contributed by atoms with Crippen LogP contribution in [0.25, 0.3) is 0 Å². The fourth-order valence-corrected chi connectivity index (χ4v) is 0.601. The Kier molecular flexibility index (Phi) is 14.6. The van der Waals surface area contributed by atoms with Gasteiger partial charge in [-0.05, 0) is 13.3 Å². The average Bonchev–Trinajstić information content (AvgIpc) is 2.09. The van der Waals surface area contributed by atoms with Gasteiger partial charge in [-0.3, -0.25) is 0 Å². The maximum absolute atomic E-state index is 11.5. The number of halogens is 1. The summed E-state index contributed by atoms with van der Waals surface area (Å²) in [7, 11) is 0. The van der Waals surface area contributed by atoms with Gasteiger partial charge in [0.2, 0.25) is 0 Å². The first-order chi connectivity index (χ1) is 5.81. The van der Waals surface area contributed by atoms with E-state index in [-0.39, 0.29) is 6.67 Å². The molecule has 0 aromatic heterocycles. The molecule has 0 nitrogen and oxygen atoms in total. The van der Waals surface area contributed by atoms with Crippen molar-refractivity contribution in [2.45, 2.75) is 27.2 Å². The second kappa shape index (κ2) is 12.8. The lowest BCUT2D eigenvalue weighted by Crippen LogP contribution is -1.71. The zero-order valence-corrected chi connectivity index (χ0v) is 8.31. The molecule has 0 fully saturated rings. The summed E-state index contributed by atoms with van der Waals surface area (Å²) in [6.07, 6.45) is 7.80.